The highest BCUT2D eigenvalue weighted by Gasteiger charge is 2.12. The molecule has 102 valence electrons. The Morgan fingerprint density at radius 2 is 2.32 bits per heavy atom. The smallest absolute Gasteiger partial charge is 0.242 e. The van der Waals surface area contributed by atoms with Gasteiger partial charge in [0.25, 0.3) is 0 Å². The molecule has 0 saturated carbocycles. The molecule has 5 nitrogen and oxygen atoms in total. The molecule has 1 unspecified atom stereocenters. The highest BCUT2D eigenvalue weighted by Crippen LogP contribution is 2.17. The van der Waals surface area contributed by atoms with Crippen molar-refractivity contribution < 1.29 is 14.3 Å². The Bertz CT molecular complexity index is 454. The molecule has 0 aliphatic carbocycles. The fourth-order valence-corrected chi connectivity index (χ4v) is 1.36. The Kier molecular flexibility index (Phi) is 6.44. The minimum atomic E-state index is -0.705. The molecule has 5 heteroatoms. The third-order valence-corrected chi connectivity index (χ3v) is 2.33. The van der Waals surface area contributed by atoms with Crippen LogP contribution in [0.5, 0.6) is 5.75 Å². The molecule has 1 atom stereocenters. The molecule has 1 rings (SSSR count). The van der Waals surface area contributed by atoms with Crippen LogP contribution in [0.3, 0.4) is 0 Å². The molecule has 0 heterocycles. The van der Waals surface area contributed by atoms with E-state index in [2.05, 4.69) is 11.2 Å². The van der Waals surface area contributed by atoms with Gasteiger partial charge in [-0.25, -0.2) is 0 Å². The van der Waals surface area contributed by atoms with Gasteiger partial charge < -0.3 is 20.5 Å². The molecule has 0 aliphatic rings. The molecular formula is C14H18N2O3. The molecule has 3 N–H and O–H groups in total. The van der Waals surface area contributed by atoms with E-state index in [4.69, 9.17) is 21.6 Å². The van der Waals surface area contributed by atoms with E-state index in [0.717, 1.165) is 0 Å². The van der Waals surface area contributed by atoms with Gasteiger partial charge in [-0.3, -0.25) is 4.79 Å². The second-order valence-corrected chi connectivity index (χ2v) is 3.87. The van der Waals surface area contributed by atoms with Gasteiger partial charge in [0.05, 0.1) is 12.6 Å². The van der Waals surface area contributed by atoms with Gasteiger partial charge in [-0.15, -0.1) is 12.3 Å². The molecule has 0 spiro atoms. The van der Waals surface area contributed by atoms with Crippen LogP contribution in [0, 0.1) is 12.3 Å². The maximum Gasteiger partial charge on any atom is 0.242 e. The third kappa shape index (κ3) is 5.42. The average molecular weight is 262 g/mol. The van der Waals surface area contributed by atoms with Gasteiger partial charge in [0.1, 0.15) is 12.4 Å². The number of ether oxygens (including phenoxy) is 2. The fourth-order valence-electron chi connectivity index (χ4n) is 1.36. The summed E-state index contributed by atoms with van der Waals surface area (Å²) in [5, 5.41) is 2.69. The fraction of sp³-hybridized carbons (Fsp3) is 0.357. The van der Waals surface area contributed by atoms with Crippen LogP contribution in [0.25, 0.3) is 0 Å². The van der Waals surface area contributed by atoms with Crippen LogP contribution in [0.1, 0.15) is 6.42 Å². The van der Waals surface area contributed by atoms with Crippen molar-refractivity contribution in [3.8, 4) is 18.1 Å². The van der Waals surface area contributed by atoms with E-state index < -0.39 is 6.04 Å². The van der Waals surface area contributed by atoms with Crippen molar-refractivity contribution in [3.63, 3.8) is 0 Å². The van der Waals surface area contributed by atoms with E-state index in [1.807, 2.05) is 0 Å². The Balaban J connectivity index is 2.57. The standard InChI is InChI=1S/C14H18N2O3/c1-3-5-13(15)14(17)16-11-6-4-7-12(10-11)19-9-8-18-2/h1,4,6-7,10,13H,5,8-9,15H2,2H3,(H,16,17). The summed E-state index contributed by atoms with van der Waals surface area (Å²) in [6.45, 7) is 0.953. The first-order valence-corrected chi connectivity index (χ1v) is 5.89. The lowest BCUT2D eigenvalue weighted by molar-refractivity contribution is -0.117. The number of carbonyl (C=O) groups excluding carboxylic acids is 1. The van der Waals surface area contributed by atoms with Gasteiger partial charge in [0, 0.05) is 25.3 Å². The minimum absolute atomic E-state index is 0.204. The van der Waals surface area contributed by atoms with Gasteiger partial charge in [-0.2, -0.15) is 0 Å². The maximum absolute atomic E-state index is 11.7. The Morgan fingerprint density at radius 3 is 3.00 bits per heavy atom. The molecule has 1 aromatic rings. The zero-order valence-electron chi connectivity index (χ0n) is 10.9. The van der Waals surface area contributed by atoms with Crippen LogP contribution < -0.4 is 15.8 Å². The molecule has 19 heavy (non-hydrogen) atoms. The van der Waals surface area contributed by atoms with Gasteiger partial charge in [-0.05, 0) is 12.1 Å². The number of nitrogens with one attached hydrogen (secondary N) is 1. The second kappa shape index (κ2) is 8.14. The number of rotatable bonds is 7. The second-order valence-electron chi connectivity index (χ2n) is 3.87. The van der Waals surface area contributed by atoms with Crippen molar-refractivity contribution >= 4 is 11.6 Å². The summed E-state index contributed by atoms with van der Waals surface area (Å²) in [7, 11) is 1.60. The predicted octanol–water partition coefficient (Wildman–Crippen LogP) is 1.00. The number of carbonyl (C=O) groups is 1. The van der Waals surface area contributed by atoms with Gasteiger partial charge >= 0.3 is 0 Å². The number of nitrogens with two attached hydrogens (primary N) is 1. The number of hydrogen-bond donors (Lipinski definition) is 2. The van der Waals surface area contributed by atoms with Crippen molar-refractivity contribution in [3.05, 3.63) is 24.3 Å². The lowest BCUT2D eigenvalue weighted by Crippen LogP contribution is -2.35. The van der Waals surface area contributed by atoms with Crippen molar-refractivity contribution in [2.45, 2.75) is 12.5 Å². The number of amides is 1. The van der Waals surface area contributed by atoms with Gasteiger partial charge in [-0.1, -0.05) is 6.07 Å². The summed E-state index contributed by atoms with van der Waals surface area (Å²) in [5.41, 5.74) is 6.23. The zero-order valence-corrected chi connectivity index (χ0v) is 10.9. The molecule has 0 aliphatic heterocycles. The van der Waals surface area contributed by atoms with E-state index in [1.165, 1.54) is 0 Å². The molecule has 0 radical (unpaired) electrons. The first kappa shape index (κ1) is 15.0. The third-order valence-electron chi connectivity index (χ3n) is 2.33. The van der Waals surface area contributed by atoms with Gasteiger partial charge in [0.15, 0.2) is 0 Å². The van der Waals surface area contributed by atoms with E-state index in [1.54, 1.807) is 31.4 Å². The average Bonchev–Trinajstić information content (AvgIpc) is 2.40. The molecular weight excluding hydrogens is 244 g/mol. The maximum atomic E-state index is 11.7. The normalized spacial score (nSPS) is 11.4. The molecule has 1 aromatic carbocycles. The van der Waals surface area contributed by atoms with Crippen molar-refractivity contribution in [1.29, 1.82) is 0 Å². The van der Waals surface area contributed by atoms with Crippen LogP contribution in [0.4, 0.5) is 5.69 Å². The number of methoxy groups -OCH3 is 1. The van der Waals surface area contributed by atoms with Crippen LogP contribution in [-0.4, -0.2) is 32.3 Å². The number of terminal acetylenes is 1. The summed E-state index contributed by atoms with van der Waals surface area (Å²) in [5.74, 6) is 2.70. The van der Waals surface area contributed by atoms with Crippen LogP contribution in [-0.2, 0) is 9.53 Å². The highest BCUT2D eigenvalue weighted by atomic mass is 16.5. The topological polar surface area (TPSA) is 73.6 Å². The van der Waals surface area contributed by atoms with Crippen molar-refractivity contribution in [2.75, 3.05) is 25.6 Å². The van der Waals surface area contributed by atoms with Crippen LogP contribution >= 0.6 is 0 Å². The SMILES string of the molecule is C#CCC(N)C(=O)Nc1cccc(OCCOC)c1. The van der Waals surface area contributed by atoms with E-state index in [-0.39, 0.29) is 12.3 Å². The lowest BCUT2D eigenvalue weighted by atomic mass is 10.2. The highest BCUT2D eigenvalue weighted by molar-refractivity contribution is 5.95. The number of anilines is 1. The largest absolute Gasteiger partial charge is 0.491 e. The van der Waals surface area contributed by atoms with Crippen LogP contribution in [0.2, 0.25) is 0 Å². The predicted molar refractivity (Wildman–Crippen MR) is 73.9 cm³/mol. The summed E-state index contributed by atoms with van der Waals surface area (Å²) in [6, 6.07) is 6.35. The Hall–Kier alpha value is -2.03. The number of benzene rings is 1. The van der Waals surface area contributed by atoms with Crippen molar-refractivity contribution in [2.24, 2.45) is 5.73 Å². The summed E-state index contributed by atoms with van der Waals surface area (Å²) in [6.07, 6.45) is 5.32. The summed E-state index contributed by atoms with van der Waals surface area (Å²) < 4.78 is 10.3. The monoisotopic (exact) mass is 262 g/mol. The van der Waals surface area contributed by atoms with E-state index in [9.17, 15) is 4.79 Å². The van der Waals surface area contributed by atoms with E-state index >= 15 is 0 Å². The zero-order chi connectivity index (χ0) is 14.1. The Labute approximate surface area is 113 Å². The van der Waals surface area contributed by atoms with E-state index in [0.29, 0.717) is 24.7 Å². The molecule has 0 bridgehead atoms. The first-order valence-electron chi connectivity index (χ1n) is 5.89. The van der Waals surface area contributed by atoms with Crippen LogP contribution in [0.15, 0.2) is 24.3 Å². The Morgan fingerprint density at radius 1 is 1.53 bits per heavy atom. The summed E-state index contributed by atoms with van der Waals surface area (Å²) >= 11 is 0. The number of hydrogen-bond acceptors (Lipinski definition) is 4. The molecule has 0 saturated heterocycles. The minimum Gasteiger partial charge on any atom is -0.491 e. The molecule has 0 aromatic heterocycles. The first-order chi connectivity index (χ1) is 9.17. The summed E-state index contributed by atoms with van der Waals surface area (Å²) in [4.78, 5) is 11.7. The van der Waals surface area contributed by atoms with Crippen molar-refractivity contribution in [1.82, 2.24) is 0 Å². The molecule has 1 amide bonds. The molecule has 0 fully saturated rings. The quantitative estimate of drug-likeness (QED) is 0.568. The van der Waals surface area contributed by atoms with Gasteiger partial charge in [0.2, 0.25) is 5.91 Å². The lowest BCUT2D eigenvalue weighted by Gasteiger charge is -2.11.